The Kier molecular flexibility index (Phi) is 6.78. The molecule has 0 bridgehead atoms. The minimum absolute atomic E-state index is 0.234. The summed E-state index contributed by atoms with van der Waals surface area (Å²) in [5.41, 5.74) is 3.75. The van der Waals surface area contributed by atoms with Gasteiger partial charge in [0.15, 0.2) is 13.2 Å². The van der Waals surface area contributed by atoms with Crippen molar-refractivity contribution in [3.63, 3.8) is 0 Å². The van der Waals surface area contributed by atoms with Crippen molar-refractivity contribution in [3.8, 4) is 5.75 Å². The molecule has 0 aliphatic rings. The molecule has 1 amide bonds. The lowest BCUT2D eigenvalue weighted by molar-refractivity contribution is -0.149. The normalized spacial score (nSPS) is 10.5. The number of nitrogens with one attached hydrogen (secondary N) is 1. The molecule has 0 spiro atoms. The number of carbonyl (C=O) groups is 2. The second-order valence-electron chi connectivity index (χ2n) is 6.50. The summed E-state index contributed by atoms with van der Waals surface area (Å²) >= 11 is 0. The lowest BCUT2D eigenvalue weighted by Gasteiger charge is -2.12. The maximum atomic E-state index is 11.9. The monoisotopic (exact) mass is 355 g/mol. The first-order valence-corrected chi connectivity index (χ1v) is 8.61. The predicted octanol–water partition coefficient (Wildman–Crippen LogP) is 3.99. The molecule has 26 heavy (non-hydrogen) atoms. The van der Waals surface area contributed by atoms with E-state index in [4.69, 9.17) is 9.47 Å². The van der Waals surface area contributed by atoms with Crippen LogP contribution in [0, 0.1) is 13.8 Å². The molecule has 5 nitrogen and oxygen atoms in total. The molecule has 0 heterocycles. The highest BCUT2D eigenvalue weighted by molar-refractivity contribution is 5.92. The molecular weight excluding hydrogens is 330 g/mol. The van der Waals surface area contributed by atoms with E-state index in [9.17, 15) is 9.59 Å². The largest absolute Gasteiger partial charge is 0.481 e. The minimum atomic E-state index is -0.585. The minimum Gasteiger partial charge on any atom is -0.481 e. The Bertz CT molecular complexity index is 746. The fourth-order valence-corrected chi connectivity index (χ4v) is 2.49. The third-order valence-electron chi connectivity index (χ3n) is 3.97. The summed E-state index contributed by atoms with van der Waals surface area (Å²) in [5.74, 6) is 0.123. The molecule has 0 aliphatic carbocycles. The number of hydrogen-bond acceptors (Lipinski definition) is 4. The van der Waals surface area contributed by atoms with Crippen molar-refractivity contribution in [3.05, 3.63) is 59.2 Å². The zero-order valence-corrected chi connectivity index (χ0v) is 15.7. The van der Waals surface area contributed by atoms with Gasteiger partial charge in [-0.15, -0.1) is 0 Å². The van der Waals surface area contributed by atoms with Gasteiger partial charge in [0.2, 0.25) is 0 Å². The van der Waals surface area contributed by atoms with E-state index < -0.39 is 5.97 Å². The second kappa shape index (κ2) is 9.04. The van der Waals surface area contributed by atoms with Crippen LogP contribution in [0.2, 0.25) is 0 Å². The van der Waals surface area contributed by atoms with E-state index in [1.165, 1.54) is 5.56 Å². The van der Waals surface area contributed by atoms with E-state index in [-0.39, 0.29) is 19.1 Å². The van der Waals surface area contributed by atoms with Gasteiger partial charge in [0.05, 0.1) is 0 Å². The fraction of sp³-hybridized carbons (Fsp3) is 0.333. The Morgan fingerprint density at radius 1 is 0.962 bits per heavy atom. The Balaban J connectivity index is 1.77. The van der Waals surface area contributed by atoms with Crippen LogP contribution in [0.1, 0.15) is 36.5 Å². The van der Waals surface area contributed by atoms with Gasteiger partial charge >= 0.3 is 5.97 Å². The van der Waals surface area contributed by atoms with E-state index in [0.29, 0.717) is 17.4 Å². The molecule has 5 heteroatoms. The molecule has 0 atom stereocenters. The Hall–Kier alpha value is -2.82. The van der Waals surface area contributed by atoms with Crippen molar-refractivity contribution in [1.82, 2.24) is 0 Å². The lowest BCUT2D eigenvalue weighted by Crippen LogP contribution is -2.23. The van der Waals surface area contributed by atoms with Crippen molar-refractivity contribution in [2.24, 2.45) is 0 Å². The molecule has 2 aromatic carbocycles. The molecule has 2 aromatic rings. The van der Waals surface area contributed by atoms with Gasteiger partial charge in [-0.05, 0) is 48.6 Å². The number of anilines is 1. The molecule has 138 valence electrons. The van der Waals surface area contributed by atoms with Gasteiger partial charge in [-0.3, -0.25) is 4.79 Å². The number of amides is 1. The van der Waals surface area contributed by atoms with E-state index in [2.05, 4.69) is 19.2 Å². The Morgan fingerprint density at radius 2 is 1.58 bits per heavy atom. The number of ether oxygens (including phenoxy) is 2. The molecule has 0 fully saturated rings. The molecule has 0 aromatic heterocycles. The Labute approximate surface area is 154 Å². The number of hydrogen-bond donors (Lipinski definition) is 1. The van der Waals surface area contributed by atoms with Crippen LogP contribution in [0.15, 0.2) is 42.5 Å². The van der Waals surface area contributed by atoms with Crippen molar-refractivity contribution in [1.29, 1.82) is 0 Å². The predicted molar refractivity (Wildman–Crippen MR) is 102 cm³/mol. The Morgan fingerprint density at radius 3 is 2.15 bits per heavy atom. The van der Waals surface area contributed by atoms with Gasteiger partial charge < -0.3 is 14.8 Å². The summed E-state index contributed by atoms with van der Waals surface area (Å²) < 4.78 is 10.5. The van der Waals surface area contributed by atoms with Crippen molar-refractivity contribution in [2.45, 2.75) is 33.6 Å². The summed E-state index contributed by atoms with van der Waals surface area (Å²) in [7, 11) is 0. The van der Waals surface area contributed by atoms with Crippen molar-refractivity contribution in [2.75, 3.05) is 18.5 Å². The topological polar surface area (TPSA) is 64.6 Å². The third kappa shape index (κ3) is 5.62. The van der Waals surface area contributed by atoms with E-state index in [1.807, 2.05) is 56.3 Å². The number of rotatable bonds is 7. The molecular formula is C21H25NO4. The number of para-hydroxylation sites is 1. The third-order valence-corrected chi connectivity index (χ3v) is 3.97. The second-order valence-corrected chi connectivity index (χ2v) is 6.50. The molecule has 0 saturated heterocycles. The van der Waals surface area contributed by atoms with E-state index in [1.54, 1.807) is 0 Å². The van der Waals surface area contributed by atoms with Gasteiger partial charge in [-0.1, -0.05) is 44.2 Å². The van der Waals surface area contributed by atoms with Gasteiger partial charge in [0.25, 0.3) is 5.91 Å². The number of benzene rings is 2. The van der Waals surface area contributed by atoms with Crippen LogP contribution in [-0.2, 0) is 14.3 Å². The number of esters is 1. The van der Waals surface area contributed by atoms with Crippen LogP contribution in [0.25, 0.3) is 0 Å². The van der Waals surface area contributed by atoms with Crippen LogP contribution in [0.3, 0.4) is 0 Å². The smallest absolute Gasteiger partial charge is 0.344 e. The van der Waals surface area contributed by atoms with Gasteiger partial charge in [0, 0.05) is 5.69 Å². The number of carbonyl (C=O) groups excluding carboxylic acids is 2. The van der Waals surface area contributed by atoms with E-state index in [0.717, 1.165) is 11.1 Å². The molecule has 0 saturated carbocycles. The van der Waals surface area contributed by atoms with Crippen LogP contribution >= 0.6 is 0 Å². The first-order chi connectivity index (χ1) is 12.4. The highest BCUT2D eigenvalue weighted by atomic mass is 16.6. The summed E-state index contributed by atoms with van der Waals surface area (Å²) in [4.78, 5) is 23.7. The standard InChI is InChI=1S/C21H25NO4/c1-14(2)17-8-10-18(11-9-17)22-19(23)12-25-20(24)13-26-21-15(3)6-5-7-16(21)4/h5-11,14H,12-13H2,1-4H3,(H,22,23). The van der Waals surface area contributed by atoms with Gasteiger partial charge in [-0.2, -0.15) is 0 Å². The molecule has 0 radical (unpaired) electrons. The maximum absolute atomic E-state index is 11.9. The van der Waals surface area contributed by atoms with Crippen molar-refractivity contribution >= 4 is 17.6 Å². The quantitative estimate of drug-likeness (QED) is 0.763. The first-order valence-electron chi connectivity index (χ1n) is 8.61. The number of aryl methyl sites for hydroxylation is 2. The van der Waals surface area contributed by atoms with Crippen LogP contribution < -0.4 is 10.1 Å². The lowest BCUT2D eigenvalue weighted by atomic mass is 10.0. The fourth-order valence-electron chi connectivity index (χ4n) is 2.49. The summed E-state index contributed by atoms with van der Waals surface area (Å²) in [6, 6.07) is 13.3. The zero-order chi connectivity index (χ0) is 19.1. The highest BCUT2D eigenvalue weighted by Crippen LogP contribution is 2.22. The summed E-state index contributed by atoms with van der Waals surface area (Å²) in [6.45, 7) is 7.45. The van der Waals surface area contributed by atoms with Crippen LogP contribution in [0.5, 0.6) is 5.75 Å². The average Bonchev–Trinajstić information content (AvgIpc) is 2.60. The molecule has 0 unspecified atom stereocenters. The zero-order valence-electron chi connectivity index (χ0n) is 15.7. The maximum Gasteiger partial charge on any atom is 0.344 e. The molecule has 0 aliphatic heterocycles. The van der Waals surface area contributed by atoms with Crippen molar-refractivity contribution < 1.29 is 19.1 Å². The summed E-state index contributed by atoms with van der Waals surface area (Å²) in [6.07, 6.45) is 0. The first kappa shape index (κ1) is 19.5. The van der Waals surface area contributed by atoms with Crippen LogP contribution in [0.4, 0.5) is 5.69 Å². The average molecular weight is 355 g/mol. The SMILES string of the molecule is Cc1cccc(C)c1OCC(=O)OCC(=O)Nc1ccc(C(C)C)cc1. The molecule has 1 N–H and O–H groups in total. The van der Waals surface area contributed by atoms with Gasteiger partial charge in [0.1, 0.15) is 5.75 Å². The van der Waals surface area contributed by atoms with Gasteiger partial charge in [-0.25, -0.2) is 4.79 Å². The van der Waals surface area contributed by atoms with Crippen LogP contribution in [-0.4, -0.2) is 25.1 Å². The van der Waals surface area contributed by atoms with E-state index >= 15 is 0 Å². The summed E-state index contributed by atoms with van der Waals surface area (Å²) in [5, 5.41) is 2.70. The molecule has 2 rings (SSSR count). The highest BCUT2D eigenvalue weighted by Gasteiger charge is 2.11.